The van der Waals surface area contributed by atoms with Gasteiger partial charge in [-0.25, -0.2) is 9.59 Å². The number of esters is 2. The Morgan fingerprint density at radius 1 is 0.889 bits per heavy atom. The zero-order valence-electron chi connectivity index (χ0n) is 16.1. The van der Waals surface area contributed by atoms with Crippen molar-refractivity contribution in [3.63, 3.8) is 0 Å². The second-order valence-electron chi connectivity index (χ2n) is 6.45. The molecule has 0 amide bonds. The summed E-state index contributed by atoms with van der Waals surface area (Å²) in [5.74, 6) is -0.299. The van der Waals surface area contributed by atoms with Crippen LogP contribution in [0.4, 0.5) is 0 Å². The van der Waals surface area contributed by atoms with Crippen molar-refractivity contribution >= 4 is 11.9 Å². The summed E-state index contributed by atoms with van der Waals surface area (Å²) in [6.45, 7) is 6.22. The molecule has 0 aromatic heterocycles. The molecular formula is C22H28O5. The summed E-state index contributed by atoms with van der Waals surface area (Å²) in [4.78, 5) is 22.2. The van der Waals surface area contributed by atoms with Crippen LogP contribution in [0.1, 0.15) is 43.1 Å². The first-order chi connectivity index (χ1) is 12.9. The van der Waals surface area contributed by atoms with Crippen LogP contribution in [-0.4, -0.2) is 29.8 Å². The molecule has 27 heavy (non-hydrogen) atoms. The van der Waals surface area contributed by atoms with Crippen LogP contribution in [-0.2, 0) is 20.9 Å². The molecule has 0 radical (unpaired) electrons. The fraction of sp³-hybridized carbons (Fsp3) is 0.364. The van der Waals surface area contributed by atoms with Gasteiger partial charge in [0.15, 0.2) is 0 Å². The van der Waals surface area contributed by atoms with Crippen molar-refractivity contribution in [1.82, 2.24) is 0 Å². The van der Waals surface area contributed by atoms with Gasteiger partial charge in [-0.05, 0) is 37.0 Å². The van der Waals surface area contributed by atoms with E-state index in [1.807, 2.05) is 48.5 Å². The summed E-state index contributed by atoms with van der Waals surface area (Å²) in [6, 6.07) is 18.6. The van der Waals surface area contributed by atoms with Crippen molar-refractivity contribution in [2.24, 2.45) is 5.92 Å². The minimum atomic E-state index is -0.998. The first-order valence-corrected chi connectivity index (χ1v) is 9.01. The molecule has 0 aliphatic carbocycles. The second-order valence-corrected chi connectivity index (χ2v) is 6.45. The number of carbonyl (C=O) groups excluding carboxylic acids is 2. The van der Waals surface area contributed by atoms with Gasteiger partial charge in [0.05, 0.1) is 12.2 Å². The Balaban J connectivity index is 0.000000293. The molecule has 0 bridgehead atoms. The van der Waals surface area contributed by atoms with Crippen molar-refractivity contribution in [3.05, 3.63) is 71.8 Å². The highest BCUT2D eigenvalue weighted by Crippen LogP contribution is 2.05. The summed E-state index contributed by atoms with van der Waals surface area (Å²) in [5.41, 5.74) is 1.57. The molecule has 1 unspecified atom stereocenters. The average Bonchev–Trinajstić information content (AvgIpc) is 2.67. The van der Waals surface area contributed by atoms with Gasteiger partial charge in [0.1, 0.15) is 12.7 Å². The molecule has 0 heterocycles. The normalized spacial score (nSPS) is 11.1. The molecule has 146 valence electrons. The van der Waals surface area contributed by atoms with Crippen molar-refractivity contribution in [1.29, 1.82) is 0 Å². The zero-order chi connectivity index (χ0) is 20.1. The lowest BCUT2D eigenvalue weighted by atomic mass is 10.1. The maximum absolute atomic E-state index is 11.6. The van der Waals surface area contributed by atoms with Crippen molar-refractivity contribution < 1.29 is 24.2 Å². The summed E-state index contributed by atoms with van der Waals surface area (Å²) < 4.78 is 9.90. The lowest BCUT2D eigenvalue weighted by Crippen LogP contribution is -2.20. The molecule has 2 aromatic carbocycles. The number of aliphatic hydroxyl groups excluding tert-OH is 1. The van der Waals surface area contributed by atoms with E-state index in [0.29, 0.717) is 24.7 Å². The molecule has 2 rings (SSSR count). The Kier molecular flexibility index (Phi) is 10.5. The third kappa shape index (κ3) is 10.2. The Morgan fingerprint density at radius 2 is 1.44 bits per heavy atom. The van der Waals surface area contributed by atoms with Crippen LogP contribution in [0.25, 0.3) is 0 Å². The fourth-order valence-electron chi connectivity index (χ4n) is 1.90. The maximum Gasteiger partial charge on any atom is 0.338 e. The van der Waals surface area contributed by atoms with E-state index in [1.165, 1.54) is 6.92 Å². The lowest BCUT2D eigenvalue weighted by molar-refractivity contribution is -0.152. The van der Waals surface area contributed by atoms with Gasteiger partial charge in [-0.1, -0.05) is 62.4 Å². The van der Waals surface area contributed by atoms with Gasteiger partial charge in [-0.3, -0.25) is 0 Å². The van der Waals surface area contributed by atoms with Gasteiger partial charge in [0.2, 0.25) is 0 Å². The highest BCUT2D eigenvalue weighted by molar-refractivity contribution is 5.89. The molecule has 1 N–H and O–H groups in total. The van der Waals surface area contributed by atoms with E-state index in [1.54, 1.807) is 12.1 Å². The molecule has 0 spiro atoms. The number of aliphatic hydroxyl groups is 1. The Morgan fingerprint density at radius 3 is 1.96 bits per heavy atom. The number of benzene rings is 2. The van der Waals surface area contributed by atoms with Gasteiger partial charge in [0, 0.05) is 0 Å². The van der Waals surface area contributed by atoms with Gasteiger partial charge in [-0.2, -0.15) is 0 Å². The molecule has 5 heteroatoms. The number of ether oxygens (including phenoxy) is 2. The summed E-state index contributed by atoms with van der Waals surface area (Å²) in [6.07, 6.45) is -0.152. The van der Waals surface area contributed by atoms with Gasteiger partial charge < -0.3 is 14.6 Å². The van der Waals surface area contributed by atoms with Crippen molar-refractivity contribution in [2.45, 2.75) is 39.9 Å². The van der Waals surface area contributed by atoms with Gasteiger partial charge >= 0.3 is 11.9 Å². The van der Waals surface area contributed by atoms with Crippen molar-refractivity contribution in [3.8, 4) is 0 Å². The molecule has 0 aliphatic rings. The van der Waals surface area contributed by atoms with Gasteiger partial charge in [-0.15, -0.1) is 0 Å². The third-order valence-electron chi connectivity index (χ3n) is 3.50. The topological polar surface area (TPSA) is 72.8 Å². The standard InChI is InChI=1S/C14H12O2.C8H16O3/c15-14(13-9-5-2-6-10-13)16-11-12-7-3-1-4-8-12;1-6(2)4-5-11-8(10)7(3)9/h1-10H,11H2;6-7,9H,4-5H2,1-3H3. The van der Waals surface area contributed by atoms with Crippen LogP contribution in [0, 0.1) is 5.92 Å². The van der Waals surface area contributed by atoms with E-state index in [9.17, 15) is 9.59 Å². The van der Waals surface area contributed by atoms with E-state index < -0.39 is 12.1 Å². The number of hydrogen-bond donors (Lipinski definition) is 1. The highest BCUT2D eigenvalue weighted by atomic mass is 16.5. The van der Waals surface area contributed by atoms with E-state index in [4.69, 9.17) is 14.6 Å². The van der Waals surface area contributed by atoms with Crippen LogP contribution in [0.3, 0.4) is 0 Å². The van der Waals surface area contributed by atoms with E-state index in [2.05, 4.69) is 13.8 Å². The quantitative estimate of drug-likeness (QED) is 0.744. The van der Waals surface area contributed by atoms with Crippen LogP contribution in [0.15, 0.2) is 60.7 Å². The smallest absolute Gasteiger partial charge is 0.338 e. The molecule has 0 fully saturated rings. The SMILES string of the molecule is CC(C)CCOC(=O)C(C)O.O=C(OCc1ccccc1)c1ccccc1. The monoisotopic (exact) mass is 372 g/mol. The second kappa shape index (κ2) is 12.7. The lowest BCUT2D eigenvalue weighted by Gasteiger charge is -2.07. The fourth-order valence-corrected chi connectivity index (χ4v) is 1.90. The zero-order valence-corrected chi connectivity index (χ0v) is 16.1. The predicted molar refractivity (Wildman–Crippen MR) is 104 cm³/mol. The molecule has 5 nitrogen and oxygen atoms in total. The summed E-state index contributed by atoms with van der Waals surface area (Å²) in [5, 5.41) is 8.71. The molecular weight excluding hydrogens is 344 g/mol. The average molecular weight is 372 g/mol. The largest absolute Gasteiger partial charge is 0.464 e. The number of rotatable bonds is 7. The maximum atomic E-state index is 11.6. The number of hydrogen-bond acceptors (Lipinski definition) is 5. The van der Waals surface area contributed by atoms with E-state index in [-0.39, 0.29) is 5.97 Å². The minimum absolute atomic E-state index is 0.288. The van der Waals surface area contributed by atoms with Crippen LogP contribution < -0.4 is 0 Å². The Labute approximate surface area is 160 Å². The Hall–Kier alpha value is -2.66. The molecule has 0 saturated carbocycles. The number of carbonyl (C=O) groups is 2. The molecule has 0 aliphatic heterocycles. The highest BCUT2D eigenvalue weighted by Gasteiger charge is 2.09. The van der Waals surface area contributed by atoms with E-state index in [0.717, 1.165) is 12.0 Å². The van der Waals surface area contributed by atoms with Gasteiger partial charge in [0.25, 0.3) is 0 Å². The Bertz CT molecular complexity index is 666. The molecule has 0 saturated heterocycles. The first-order valence-electron chi connectivity index (χ1n) is 9.01. The summed E-state index contributed by atoms with van der Waals surface area (Å²) >= 11 is 0. The minimum Gasteiger partial charge on any atom is -0.464 e. The predicted octanol–water partition coefficient (Wildman–Crippen LogP) is 4.00. The van der Waals surface area contributed by atoms with Crippen LogP contribution in [0.2, 0.25) is 0 Å². The van der Waals surface area contributed by atoms with Crippen molar-refractivity contribution in [2.75, 3.05) is 6.61 Å². The first kappa shape index (κ1) is 22.4. The molecule has 1 atom stereocenters. The van der Waals surface area contributed by atoms with E-state index >= 15 is 0 Å². The molecule has 2 aromatic rings. The van der Waals surface area contributed by atoms with Crippen LogP contribution >= 0.6 is 0 Å². The van der Waals surface area contributed by atoms with Crippen LogP contribution in [0.5, 0.6) is 0 Å². The third-order valence-corrected chi connectivity index (χ3v) is 3.50. The summed E-state index contributed by atoms with van der Waals surface area (Å²) in [7, 11) is 0.